The number of hydrogen-bond donors (Lipinski definition) is 2. The molecule has 0 spiro atoms. The Kier molecular flexibility index (Phi) is 7.74. The number of carbonyl (C=O) groups is 2. The number of hydrazone groups is 1. The topological polar surface area (TPSA) is 106 Å². The minimum absolute atomic E-state index is 0.221. The first kappa shape index (κ1) is 23.3. The molecule has 4 aromatic rings. The minimum Gasteiger partial charge on any atom is -0.489 e. The fourth-order valence-electron chi connectivity index (χ4n) is 2.82. The average molecular weight is 536 g/mol. The van der Waals surface area contributed by atoms with Crippen molar-refractivity contribution in [2.24, 2.45) is 5.10 Å². The third kappa shape index (κ3) is 6.56. The summed E-state index contributed by atoms with van der Waals surface area (Å²) in [7, 11) is 0. The van der Waals surface area contributed by atoms with Gasteiger partial charge < -0.3 is 4.74 Å². The number of carbonyl (C=O) groups excluding carboxylic acids is 2. The zero-order valence-corrected chi connectivity index (χ0v) is 20.0. The number of amides is 2. The maximum atomic E-state index is 12.1. The van der Waals surface area contributed by atoms with Crippen LogP contribution < -0.4 is 15.5 Å². The summed E-state index contributed by atoms with van der Waals surface area (Å²) in [6.07, 6.45) is 1.43. The monoisotopic (exact) mass is 535 g/mol. The Bertz CT molecular complexity index is 1330. The molecule has 0 atom stereocenters. The number of benzene rings is 3. The molecule has 2 amide bonds. The molecule has 0 saturated carbocycles. The highest BCUT2D eigenvalue weighted by atomic mass is 79.9. The van der Waals surface area contributed by atoms with Crippen LogP contribution in [0.15, 0.2) is 88.4 Å². The van der Waals surface area contributed by atoms with Crippen molar-refractivity contribution in [1.29, 1.82) is 0 Å². The smallest absolute Gasteiger partial charge is 0.329 e. The van der Waals surface area contributed by atoms with Crippen molar-refractivity contribution >= 4 is 50.4 Å². The summed E-state index contributed by atoms with van der Waals surface area (Å²) in [4.78, 5) is 24.2. The molecule has 0 fully saturated rings. The van der Waals surface area contributed by atoms with E-state index in [0.717, 1.165) is 15.6 Å². The Hall–Kier alpha value is -3.89. The van der Waals surface area contributed by atoms with Crippen LogP contribution in [-0.2, 0) is 16.2 Å². The number of rotatable bonds is 7. The molecule has 10 heteroatoms. The van der Waals surface area contributed by atoms with Gasteiger partial charge in [-0.05, 0) is 35.4 Å². The standard InChI is InChI=1S/C24H18BrN5O3S/c25-19-10-4-7-17(12-19)15-33-20-11-5-6-16(13-20)14-26-28-22(32)21(31)27-24-30-29-23(34-24)18-8-2-1-3-9-18/h1-14H,15H2,(H,28,32)(H,27,30,31)/b26-14+. The van der Waals surface area contributed by atoms with E-state index in [9.17, 15) is 9.59 Å². The van der Waals surface area contributed by atoms with Crippen LogP contribution in [0.5, 0.6) is 5.75 Å². The summed E-state index contributed by atoms with van der Waals surface area (Å²) in [5, 5.41) is 15.1. The van der Waals surface area contributed by atoms with Crippen LogP contribution in [0.1, 0.15) is 11.1 Å². The molecule has 0 aliphatic carbocycles. The molecular formula is C24H18BrN5O3S. The molecule has 34 heavy (non-hydrogen) atoms. The van der Waals surface area contributed by atoms with Gasteiger partial charge in [-0.1, -0.05) is 81.9 Å². The van der Waals surface area contributed by atoms with E-state index in [1.54, 1.807) is 12.1 Å². The quantitative estimate of drug-likeness (QED) is 0.204. The van der Waals surface area contributed by atoms with E-state index in [0.29, 0.717) is 22.9 Å². The van der Waals surface area contributed by atoms with Gasteiger partial charge in [-0.3, -0.25) is 14.9 Å². The lowest BCUT2D eigenvalue weighted by Gasteiger charge is -2.07. The lowest BCUT2D eigenvalue weighted by Crippen LogP contribution is -2.32. The second kappa shape index (κ2) is 11.3. The molecule has 8 nitrogen and oxygen atoms in total. The zero-order chi connectivity index (χ0) is 23.8. The molecule has 2 N–H and O–H groups in total. The lowest BCUT2D eigenvalue weighted by molar-refractivity contribution is -0.136. The van der Waals surface area contributed by atoms with Gasteiger partial charge in [0, 0.05) is 10.0 Å². The van der Waals surface area contributed by atoms with E-state index >= 15 is 0 Å². The van der Waals surface area contributed by atoms with E-state index < -0.39 is 11.8 Å². The van der Waals surface area contributed by atoms with Crippen molar-refractivity contribution in [3.63, 3.8) is 0 Å². The predicted octanol–water partition coefficient (Wildman–Crippen LogP) is 4.64. The summed E-state index contributed by atoms with van der Waals surface area (Å²) < 4.78 is 6.79. The number of aromatic nitrogens is 2. The third-order valence-corrected chi connectivity index (χ3v) is 5.79. The SMILES string of the molecule is O=C(N/N=C/c1cccc(OCc2cccc(Br)c2)c1)C(=O)Nc1nnc(-c2ccccc2)s1. The fraction of sp³-hybridized carbons (Fsp3) is 0.0417. The van der Waals surface area contributed by atoms with Crippen LogP contribution in [0, 0.1) is 0 Å². The van der Waals surface area contributed by atoms with Gasteiger partial charge in [0.25, 0.3) is 0 Å². The fourth-order valence-corrected chi connectivity index (χ4v) is 4.01. The highest BCUT2D eigenvalue weighted by Gasteiger charge is 2.16. The summed E-state index contributed by atoms with van der Waals surface area (Å²) in [6, 6.07) is 24.5. The van der Waals surface area contributed by atoms with Crippen molar-refractivity contribution in [3.05, 3.63) is 94.5 Å². The Balaban J connectivity index is 1.28. The Morgan fingerprint density at radius 3 is 2.62 bits per heavy atom. The number of hydrogen-bond acceptors (Lipinski definition) is 7. The molecule has 1 heterocycles. The van der Waals surface area contributed by atoms with Crippen molar-refractivity contribution < 1.29 is 14.3 Å². The molecule has 4 rings (SSSR count). The molecule has 0 saturated heterocycles. The highest BCUT2D eigenvalue weighted by Crippen LogP contribution is 2.25. The van der Waals surface area contributed by atoms with E-state index in [1.807, 2.05) is 66.7 Å². The van der Waals surface area contributed by atoms with Gasteiger partial charge in [0.05, 0.1) is 6.21 Å². The first-order valence-electron chi connectivity index (χ1n) is 10.1. The number of nitrogens with zero attached hydrogens (tertiary/aromatic N) is 3. The van der Waals surface area contributed by atoms with E-state index in [1.165, 1.54) is 17.6 Å². The largest absolute Gasteiger partial charge is 0.489 e. The highest BCUT2D eigenvalue weighted by molar-refractivity contribution is 9.10. The van der Waals surface area contributed by atoms with Crippen LogP contribution in [0.25, 0.3) is 10.6 Å². The van der Waals surface area contributed by atoms with Gasteiger partial charge in [0.1, 0.15) is 17.4 Å². The number of halogens is 1. The van der Waals surface area contributed by atoms with Crippen LogP contribution in [0.4, 0.5) is 5.13 Å². The molecule has 1 aromatic heterocycles. The number of ether oxygens (including phenoxy) is 1. The van der Waals surface area contributed by atoms with E-state index in [4.69, 9.17) is 4.74 Å². The predicted molar refractivity (Wildman–Crippen MR) is 135 cm³/mol. The first-order chi connectivity index (χ1) is 16.6. The molecular weight excluding hydrogens is 518 g/mol. The Labute approximate surface area is 207 Å². The van der Waals surface area contributed by atoms with Crippen molar-refractivity contribution in [2.45, 2.75) is 6.61 Å². The number of nitrogens with one attached hydrogen (secondary N) is 2. The lowest BCUT2D eigenvalue weighted by atomic mass is 10.2. The average Bonchev–Trinajstić information content (AvgIpc) is 3.32. The van der Waals surface area contributed by atoms with Crippen LogP contribution >= 0.6 is 27.3 Å². The summed E-state index contributed by atoms with van der Waals surface area (Å²) in [5.74, 6) is -1.16. The number of anilines is 1. The molecule has 0 bridgehead atoms. The van der Waals surface area contributed by atoms with Gasteiger partial charge >= 0.3 is 11.8 Å². The first-order valence-corrected chi connectivity index (χ1v) is 11.7. The molecule has 0 aliphatic heterocycles. The molecule has 3 aromatic carbocycles. The summed E-state index contributed by atoms with van der Waals surface area (Å²) in [6.45, 7) is 0.411. The van der Waals surface area contributed by atoms with Crippen molar-refractivity contribution in [2.75, 3.05) is 5.32 Å². The molecule has 0 radical (unpaired) electrons. The second-order valence-electron chi connectivity index (χ2n) is 6.92. The maximum Gasteiger partial charge on any atom is 0.329 e. The third-order valence-electron chi connectivity index (χ3n) is 4.40. The molecule has 0 unspecified atom stereocenters. The van der Waals surface area contributed by atoms with Crippen molar-refractivity contribution in [1.82, 2.24) is 15.6 Å². The Morgan fingerprint density at radius 1 is 0.971 bits per heavy atom. The van der Waals surface area contributed by atoms with Gasteiger partial charge in [0.15, 0.2) is 0 Å². The summed E-state index contributed by atoms with van der Waals surface area (Å²) in [5.41, 5.74) is 4.80. The van der Waals surface area contributed by atoms with E-state index in [2.05, 4.69) is 42.0 Å². The molecule has 0 aliphatic rings. The van der Waals surface area contributed by atoms with E-state index in [-0.39, 0.29) is 5.13 Å². The van der Waals surface area contributed by atoms with Crippen LogP contribution in [-0.4, -0.2) is 28.2 Å². The normalized spacial score (nSPS) is 10.7. The van der Waals surface area contributed by atoms with Gasteiger partial charge in [-0.2, -0.15) is 5.10 Å². The van der Waals surface area contributed by atoms with Crippen LogP contribution in [0.2, 0.25) is 0 Å². The minimum atomic E-state index is -0.922. The zero-order valence-electron chi connectivity index (χ0n) is 17.6. The van der Waals surface area contributed by atoms with Crippen LogP contribution in [0.3, 0.4) is 0 Å². The van der Waals surface area contributed by atoms with Gasteiger partial charge in [0.2, 0.25) is 5.13 Å². The maximum absolute atomic E-state index is 12.1. The molecule has 170 valence electrons. The Morgan fingerprint density at radius 2 is 1.79 bits per heavy atom. The summed E-state index contributed by atoms with van der Waals surface area (Å²) >= 11 is 4.61. The second-order valence-corrected chi connectivity index (χ2v) is 8.82. The van der Waals surface area contributed by atoms with Gasteiger partial charge in [-0.25, -0.2) is 5.43 Å². The van der Waals surface area contributed by atoms with Gasteiger partial charge in [-0.15, -0.1) is 10.2 Å². The van der Waals surface area contributed by atoms with Crippen molar-refractivity contribution in [3.8, 4) is 16.3 Å².